The van der Waals surface area contributed by atoms with Crippen LogP contribution in [0.2, 0.25) is 0 Å². The zero-order valence-corrected chi connectivity index (χ0v) is 11.1. The summed E-state index contributed by atoms with van der Waals surface area (Å²) in [6.07, 6.45) is 7.24. The Balaban J connectivity index is 1.96. The van der Waals surface area contributed by atoms with Crippen LogP contribution in [0, 0.1) is 5.92 Å². The molecule has 0 saturated carbocycles. The normalized spacial score (nSPS) is 20.4. The topological polar surface area (TPSA) is 119 Å². The number of ether oxygens (including phenoxy) is 1. The molecule has 2 atom stereocenters. The van der Waals surface area contributed by atoms with Crippen LogP contribution in [0.1, 0.15) is 12.5 Å². The maximum absolute atomic E-state index is 11.6. The van der Waals surface area contributed by atoms with Gasteiger partial charge in [-0.2, -0.15) is 0 Å². The van der Waals surface area contributed by atoms with E-state index in [-0.39, 0.29) is 23.7 Å². The summed E-state index contributed by atoms with van der Waals surface area (Å²) in [6.45, 7) is 0. The number of carbonyl (C=O) groups is 1. The van der Waals surface area contributed by atoms with E-state index < -0.39 is 0 Å². The first-order valence-corrected chi connectivity index (χ1v) is 6.23. The molecular weight excluding hydrogens is 274 g/mol. The van der Waals surface area contributed by atoms with Gasteiger partial charge in [-0.3, -0.25) is 4.79 Å². The molecule has 2 aromatic rings. The summed E-state index contributed by atoms with van der Waals surface area (Å²) in [7, 11) is 1.37. The molecule has 106 valence electrons. The van der Waals surface area contributed by atoms with Gasteiger partial charge in [0.1, 0.15) is 11.8 Å². The zero-order valence-electron chi connectivity index (χ0n) is 11.1. The molecule has 1 aliphatic rings. The second-order valence-corrected chi connectivity index (χ2v) is 4.53. The average Bonchev–Trinajstić information content (AvgIpc) is 3.13. The Morgan fingerprint density at radius 1 is 1.48 bits per heavy atom. The monoisotopic (exact) mass is 285 g/mol. The summed E-state index contributed by atoms with van der Waals surface area (Å²) in [6, 6.07) is -0.0482. The van der Waals surface area contributed by atoms with Crippen LogP contribution in [0.25, 0.3) is 21.6 Å². The van der Waals surface area contributed by atoms with Gasteiger partial charge in [-0.05, 0) is 17.1 Å². The van der Waals surface area contributed by atoms with E-state index in [2.05, 4.69) is 25.0 Å². The van der Waals surface area contributed by atoms with Crippen LogP contribution in [-0.4, -0.2) is 32.6 Å². The summed E-state index contributed by atoms with van der Waals surface area (Å²) in [4.78, 5) is 26.5. The molecule has 3 rings (SSSR count). The van der Waals surface area contributed by atoms with Crippen molar-refractivity contribution in [2.45, 2.75) is 12.5 Å². The SMILES string of the molecule is COC(=O)[C@H]1C=C[C@@H](n2cnc3c(N=[N+]=[N-])ncnc32)C1. The molecule has 0 amide bonds. The van der Waals surface area contributed by atoms with Crippen LogP contribution in [0.15, 0.2) is 29.9 Å². The van der Waals surface area contributed by atoms with E-state index in [1.807, 2.05) is 16.7 Å². The fraction of sp³-hybridized carbons (Fsp3) is 0.333. The number of allylic oxidation sites excluding steroid dienone is 1. The molecule has 0 aromatic carbocycles. The van der Waals surface area contributed by atoms with Gasteiger partial charge in [-0.25, -0.2) is 15.0 Å². The number of methoxy groups -OCH3 is 1. The second-order valence-electron chi connectivity index (χ2n) is 4.53. The van der Waals surface area contributed by atoms with Gasteiger partial charge >= 0.3 is 5.97 Å². The third-order valence-corrected chi connectivity index (χ3v) is 3.40. The number of imidazole rings is 1. The highest BCUT2D eigenvalue weighted by Gasteiger charge is 2.27. The number of aromatic nitrogens is 4. The van der Waals surface area contributed by atoms with Crippen molar-refractivity contribution in [1.82, 2.24) is 19.5 Å². The smallest absolute Gasteiger partial charge is 0.312 e. The van der Waals surface area contributed by atoms with Crippen molar-refractivity contribution in [1.29, 1.82) is 0 Å². The first-order valence-electron chi connectivity index (χ1n) is 6.23. The van der Waals surface area contributed by atoms with Crippen molar-refractivity contribution in [3.8, 4) is 0 Å². The molecule has 0 N–H and O–H groups in total. The third kappa shape index (κ3) is 2.19. The molecule has 0 radical (unpaired) electrons. The molecule has 1 aliphatic carbocycles. The fourth-order valence-electron chi connectivity index (χ4n) is 2.41. The Morgan fingerprint density at radius 2 is 2.33 bits per heavy atom. The van der Waals surface area contributed by atoms with Gasteiger partial charge in [-0.1, -0.05) is 12.2 Å². The van der Waals surface area contributed by atoms with Crippen molar-refractivity contribution in [3.63, 3.8) is 0 Å². The predicted octanol–water partition coefficient (Wildman–Crippen LogP) is 2.06. The van der Waals surface area contributed by atoms with Gasteiger partial charge in [0.05, 0.1) is 25.4 Å². The van der Waals surface area contributed by atoms with Crippen LogP contribution in [0.5, 0.6) is 0 Å². The fourth-order valence-corrected chi connectivity index (χ4v) is 2.41. The number of carbonyl (C=O) groups excluding carboxylic acids is 1. The molecular formula is C12H11N7O2. The van der Waals surface area contributed by atoms with Crippen molar-refractivity contribution >= 4 is 23.0 Å². The average molecular weight is 285 g/mol. The largest absolute Gasteiger partial charge is 0.469 e. The molecule has 0 aliphatic heterocycles. The Morgan fingerprint density at radius 3 is 3.10 bits per heavy atom. The van der Waals surface area contributed by atoms with Gasteiger partial charge in [0.15, 0.2) is 11.5 Å². The summed E-state index contributed by atoms with van der Waals surface area (Å²) in [5, 5.41) is 3.49. The van der Waals surface area contributed by atoms with Gasteiger partial charge in [-0.15, -0.1) is 0 Å². The standard InChI is InChI=1S/C12H11N7O2/c1-21-12(20)7-2-3-8(4-7)19-6-16-9-10(17-18-13)14-5-15-11(9)19/h2-3,5-8H,4H2,1H3/t7-,8+/m0/s1. The number of azide groups is 1. The first-order chi connectivity index (χ1) is 10.2. The lowest BCUT2D eigenvalue weighted by Crippen LogP contribution is -2.14. The second kappa shape index (κ2) is 5.22. The van der Waals surface area contributed by atoms with Crippen molar-refractivity contribution < 1.29 is 9.53 Å². The number of hydrogen-bond acceptors (Lipinski definition) is 6. The highest BCUT2D eigenvalue weighted by Crippen LogP contribution is 2.31. The van der Waals surface area contributed by atoms with Crippen LogP contribution < -0.4 is 0 Å². The Hall–Kier alpha value is -2.93. The van der Waals surface area contributed by atoms with E-state index in [0.29, 0.717) is 17.6 Å². The summed E-state index contributed by atoms with van der Waals surface area (Å²) in [5.74, 6) is -0.341. The molecule has 0 bridgehead atoms. The highest BCUT2D eigenvalue weighted by atomic mass is 16.5. The zero-order chi connectivity index (χ0) is 14.8. The van der Waals surface area contributed by atoms with E-state index >= 15 is 0 Å². The summed E-state index contributed by atoms with van der Waals surface area (Å²) in [5.41, 5.74) is 9.52. The van der Waals surface area contributed by atoms with E-state index in [4.69, 9.17) is 10.3 Å². The quantitative estimate of drug-likeness (QED) is 0.281. The Bertz CT molecular complexity index is 775. The predicted molar refractivity (Wildman–Crippen MR) is 72.4 cm³/mol. The lowest BCUT2D eigenvalue weighted by molar-refractivity contribution is -0.143. The summed E-state index contributed by atoms with van der Waals surface area (Å²) >= 11 is 0. The molecule has 21 heavy (non-hydrogen) atoms. The lowest BCUT2D eigenvalue weighted by Gasteiger charge is -2.12. The highest BCUT2D eigenvalue weighted by molar-refractivity contribution is 5.81. The lowest BCUT2D eigenvalue weighted by atomic mass is 10.1. The molecule has 9 nitrogen and oxygen atoms in total. The maximum atomic E-state index is 11.6. The van der Waals surface area contributed by atoms with Crippen LogP contribution in [0.3, 0.4) is 0 Å². The van der Waals surface area contributed by atoms with Crippen molar-refractivity contribution in [2.24, 2.45) is 11.0 Å². The first kappa shape index (κ1) is 13.1. The minimum Gasteiger partial charge on any atom is -0.469 e. The molecule has 2 heterocycles. The molecule has 0 unspecified atom stereocenters. The molecule has 0 saturated heterocycles. The van der Waals surface area contributed by atoms with E-state index in [1.54, 1.807) is 6.33 Å². The van der Waals surface area contributed by atoms with Crippen LogP contribution >= 0.6 is 0 Å². The Kier molecular flexibility index (Phi) is 3.25. The number of rotatable bonds is 3. The van der Waals surface area contributed by atoms with Crippen molar-refractivity contribution in [2.75, 3.05) is 7.11 Å². The van der Waals surface area contributed by atoms with Crippen molar-refractivity contribution in [3.05, 3.63) is 35.2 Å². The van der Waals surface area contributed by atoms with Gasteiger partial charge in [0, 0.05) is 4.91 Å². The van der Waals surface area contributed by atoms with Crippen LogP contribution in [-0.2, 0) is 9.53 Å². The summed E-state index contributed by atoms with van der Waals surface area (Å²) < 4.78 is 6.57. The maximum Gasteiger partial charge on any atom is 0.312 e. The number of nitrogens with zero attached hydrogens (tertiary/aromatic N) is 7. The molecule has 2 aromatic heterocycles. The molecule has 0 spiro atoms. The Labute approximate surface area is 118 Å². The molecule has 9 heteroatoms. The minimum absolute atomic E-state index is 0.0482. The van der Waals surface area contributed by atoms with Gasteiger partial charge < -0.3 is 9.30 Å². The van der Waals surface area contributed by atoms with E-state index in [1.165, 1.54) is 13.4 Å². The number of fused-ring (bicyclic) bond motifs is 1. The van der Waals surface area contributed by atoms with Crippen LogP contribution in [0.4, 0.5) is 5.82 Å². The van der Waals surface area contributed by atoms with E-state index in [9.17, 15) is 4.79 Å². The number of hydrogen-bond donors (Lipinski definition) is 0. The third-order valence-electron chi connectivity index (χ3n) is 3.40. The van der Waals surface area contributed by atoms with Gasteiger partial charge in [0.25, 0.3) is 0 Å². The van der Waals surface area contributed by atoms with E-state index in [0.717, 1.165) is 0 Å². The van der Waals surface area contributed by atoms with Gasteiger partial charge in [0.2, 0.25) is 0 Å². The molecule has 0 fully saturated rings. The minimum atomic E-state index is -0.268. The number of esters is 1.